The average Bonchev–Trinajstić information content (AvgIpc) is 3.25. The Morgan fingerprint density at radius 1 is 1.08 bits per heavy atom. The minimum absolute atomic E-state index is 0.0268. The minimum Gasteiger partial charge on any atom is -0.354 e. The zero-order valence-corrected chi connectivity index (χ0v) is 23.4. The van der Waals surface area contributed by atoms with Crippen molar-refractivity contribution in [2.45, 2.75) is 37.6 Å². The highest BCUT2D eigenvalue weighted by Crippen LogP contribution is 2.27. The van der Waals surface area contributed by atoms with E-state index in [2.05, 4.69) is 10.6 Å². The van der Waals surface area contributed by atoms with Crippen LogP contribution in [0.3, 0.4) is 0 Å². The fourth-order valence-corrected chi connectivity index (χ4v) is 6.55. The summed E-state index contributed by atoms with van der Waals surface area (Å²) in [7, 11) is -2.35. The molecule has 36 heavy (non-hydrogen) atoms. The number of nitrogens with one attached hydrogen (secondary N) is 2. The van der Waals surface area contributed by atoms with Gasteiger partial charge in [-0.05, 0) is 54.5 Å². The number of hydrogen-bond donors (Lipinski definition) is 2. The molecule has 0 spiro atoms. The maximum Gasteiger partial charge on any atom is 0.262 e. The average molecular weight is 571 g/mol. The van der Waals surface area contributed by atoms with Gasteiger partial charge in [0, 0.05) is 29.9 Å². The Labute approximate surface area is 225 Å². The lowest BCUT2D eigenvalue weighted by molar-refractivity contribution is -0.123. The molecule has 0 aliphatic rings. The molecule has 0 fully saturated rings. The van der Waals surface area contributed by atoms with Crippen molar-refractivity contribution in [2.24, 2.45) is 5.92 Å². The number of nitrogens with zero attached hydrogens (tertiary/aromatic N) is 1. The van der Waals surface area contributed by atoms with Gasteiger partial charge >= 0.3 is 0 Å². The van der Waals surface area contributed by atoms with Crippen molar-refractivity contribution in [3.63, 3.8) is 0 Å². The molecule has 11 heteroatoms. The smallest absolute Gasteiger partial charge is 0.262 e. The normalized spacial score (nSPS) is 12.8. The second-order valence-corrected chi connectivity index (χ2v) is 12.8. The van der Waals surface area contributed by atoms with Crippen molar-refractivity contribution in [3.8, 4) is 0 Å². The first-order chi connectivity index (χ1) is 17.0. The first-order valence-corrected chi connectivity index (χ1v) is 14.5. The lowest BCUT2D eigenvalue weighted by atomic mass is 10.0. The quantitative estimate of drug-likeness (QED) is 0.311. The molecule has 0 aliphatic carbocycles. The minimum atomic E-state index is -3.80. The number of hydrogen-bond acceptors (Lipinski definition) is 5. The zero-order valence-electron chi connectivity index (χ0n) is 20.3. The van der Waals surface area contributed by atoms with Crippen LogP contribution in [0.15, 0.2) is 53.4 Å². The molecule has 194 valence electrons. The highest BCUT2D eigenvalue weighted by Gasteiger charge is 2.25. The maximum absolute atomic E-state index is 12.9. The molecule has 0 bridgehead atoms. The van der Waals surface area contributed by atoms with Gasteiger partial charge in [-0.15, -0.1) is 11.3 Å². The van der Waals surface area contributed by atoms with Crippen LogP contribution >= 0.6 is 34.5 Å². The number of sulfonamides is 1. The van der Waals surface area contributed by atoms with E-state index in [-0.39, 0.29) is 40.7 Å². The SMILES string of the molecule is CC(C)CC(NC(=O)c1cc2ccccc2s1)C(=O)NCCCN(C)S(=O)(=O)c1ccc(Cl)cc1Cl. The van der Waals surface area contributed by atoms with Gasteiger partial charge in [-0.2, -0.15) is 0 Å². The van der Waals surface area contributed by atoms with E-state index < -0.39 is 16.1 Å². The van der Waals surface area contributed by atoms with Gasteiger partial charge in [-0.25, -0.2) is 12.7 Å². The summed E-state index contributed by atoms with van der Waals surface area (Å²) in [6.45, 7) is 4.38. The standard InChI is InChI=1S/C25H29Cl2N3O4S2/c1-16(2)13-20(29-25(32)22-14-17-7-4-5-8-21(17)35-22)24(31)28-11-6-12-30(3)36(33,34)23-10-9-18(26)15-19(23)27/h4-5,7-10,14-16,20H,6,11-13H2,1-3H3,(H,28,31)(H,29,32). The Morgan fingerprint density at radius 3 is 2.47 bits per heavy atom. The second-order valence-electron chi connectivity index (χ2n) is 8.85. The van der Waals surface area contributed by atoms with Crippen molar-refractivity contribution in [1.29, 1.82) is 0 Å². The third kappa shape index (κ3) is 7.20. The molecular weight excluding hydrogens is 541 g/mol. The molecule has 3 rings (SSSR count). The monoisotopic (exact) mass is 569 g/mol. The predicted octanol–water partition coefficient (Wildman–Crippen LogP) is 5.18. The van der Waals surface area contributed by atoms with Crippen LogP contribution in [-0.2, 0) is 14.8 Å². The van der Waals surface area contributed by atoms with Gasteiger partial charge in [0.1, 0.15) is 10.9 Å². The summed E-state index contributed by atoms with van der Waals surface area (Å²) in [5.41, 5.74) is 0. The Balaban J connectivity index is 1.56. The number of amides is 2. The van der Waals surface area contributed by atoms with E-state index in [0.29, 0.717) is 22.7 Å². The van der Waals surface area contributed by atoms with Gasteiger partial charge in [-0.1, -0.05) is 55.2 Å². The molecule has 1 heterocycles. The Morgan fingerprint density at radius 2 is 1.81 bits per heavy atom. The van der Waals surface area contributed by atoms with Gasteiger partial charge < -0.3 is 10.6 Å². The molecule has 1 aromatic heterocycles. The third-order valence-electron chi connectivity index (χ3n) is 5.51. The number of rotatable bonds is 11. The Bertz CT molecular complexity index is 1310. The molecular formula is C25H29Cl2N3O4S2. The molecule has 2 N–H and O–H groups in total. The van der Waals surface area contributed by atoms with Crippen molar-refractivity contribution in [3.05, 3.63) is 63.5 Å². The van der Waals surface area contributed by atoms with Crippen molar-refractivity contribution in [1.82, 2.24) is 14.9 Å². The fraction of sp³-hybridized carbons (Fsp3) is 0.360. The van der Waals surface area contributed by atoms with E-state index in [1.807, 2.05) is 44.2 Å². The van der Waals surface area contributed by atoms with Gasteiger partial charge in [0.25, 0.3) is 5.91 Å². The molecule has 0 aliphatic heterocycles. The fourth-order valence-electron chi connectivity index (χ4n) is 3.64. The van der Waals surface area contributed by atoms with E-state index in [4.69, 9.17) is 23.2 Å². The lowest BCUT2D eigenvalue weighted by Crippen LogP contribution is -2.47. The summed E-state index contributed by atoms with van der Waals surface area (Å²) in [6, 6.07) is 13.1. The summed E-state index contributed by atoms with van der Waals surface area (Å²) < 4.78 is 27.8. The maximum atomic E-state index is 12.9. The molecule has 2 amide bonds. The Kier molecular flexibility index (Phi) is 9.77. The summed E-state index contributed by atoms with van der Waals surface area (Å²) in [6.07, 6.45) is 0.858. The van der Waals surface area contributed by atoms with Crippen LogP contribution < -0.4 is 10.6 Å². The first-order valence-electron chi connectivity index (χ1n) is 11.5. The Hall–Kier alpha value is -2.17. The molecule has 0 saturated carbocycles. The van der Waals surface area contributed by atoms with Gasteiger partial charge in [0.2, 0.25) is 15.9 Å². The number of fused-ring (bicyclic) bond motifs is 1. The van der Waals surface area contributed by atoms with Crippen LogP contribution in [0, 0.1) is 5.92 Å². The molecule has 0 radical (unpaired) electrons. The molecule has 1 atom stereocenters. The van der Waals surface area contributed by atoms with E-state index in [1.165, 1.54) is 40.9 Å². The van der Waals surface area contributed by atoms with E-state index in [9.17, 15) is 18.0 Å². The molecule has 1 unspecified atom stereocenters. The van der Waals surface area contributed by atoms with Gasteiger partial charge in [0.15, 0.2) is 0 Å². The van der Waals surface area contributed by atoms with E-state index in [1.54, 1.807) is 0 Å². The summed E-state index contributed by atoms with van der Waals surface area (Å²) in [4.78, 5) is 26.2. The third-order valence-corrected chi connectivity index (χ3v) is 9.20. The first kappa shape index (κ1) is 28.4. The number of carbonyl (C=O) groups is 2. The van der Waals surface area contributed by atoms with Crippen LogP contribution in [0.25, 0.3) is 10.1 Å². The van der Waals surface area contributed by atoms with Crippen LogP contribution in [0.1, 0.15) is 36.4 Å². The number of thiophene rings is 1. The highest BCUT2D eigenvalue weighted by atomic mass is 35.5. The van der Waals surface area contributed by atoms with E-state index >= 15 is 0 Å². The van der Waals surface area contributed by atoms with Crippen molar-refractivity contribution in [2.75, 3.05) is 20.1 Å². The summed E-state index contributed by atoms with van der Waals surface area (Å²) in [5, 5.41) is 7.06. The second kappa shape index (κ2) is 12.4. The highest BCUT2D eigenvalue weighted by molar-refractivity contribution is 7.89. The van der Waals surface area contributed by atoms with Crippen LogP contribution in [0.5, 0.6) is 0 Å². The summed E-state index contributed by atoms with van der Waals surface area (Å²) in [5.74, 6) is -0.407. The molecule has 2 aromatic carbocycles. The van der Waals surface area contributed by atoms with E-state index in [0.717, 1.165) is 10.1 Å². The number of halogens is 2. The molecule has 0 saturated heterocycles. The lowest BCUT2D eigenvalue weighted by Gasteiger charge is -2.21. The van der Waals surface area contributed by atoms with Gasteiger partial charge in [-0.3, -0.25) is 9.59 Å². The summed E-state index contributed by atoms with van der Waals surface area (Å²) >= 11 is 13.3. The largest absolute Gasteiger partial charge is 0.354 e. The zero-order chi connectivity index (χ0) is 26.5. The van der Waals surface area contributed by atoms with Crippen molar-refractivity contribution < 1.29 is 18.0 Å². The topological polar surface area (TPSA) is 95.6 Å². The molecule has 3 aromatic rings. The van der Waals surface area contributed by atoms with Crippen molar-refractivity contribution >= 4 is 66.5 Å². The molecule has 7 nitrogen and oxygen atoms in total. The van der Waals surface area contributed by atoms with Crippen LogP contribution in [0.4, 0.5) is 0 Å². The predicted molar refractivity (Wildman–Crippen MR) is 146 cm³/mol. The van der Waals surface area contributed by atoms with Crippen LogP contribution in [0.2, 0.25) is 10.0 Å². The number of carbonyl (C=O) groups excluding carboxylic acids is 2. The number of benzene rings is 2. The van der Waals surface area contributed by atoms with Gasteiger partial charge in [0.05, 0.1) is 9.90 Å². The van der Waals surface area contributed by atoms with Crippen LogP contribution in [-0.4, -0.2) is 50.7 Å².